The molecule has 2 fully saturated rings. The molecule has 0 saturated heterocycles. The van der Waals surface area contributed by atoms with E-state index < -0.39 is 5.60 Å². The summed E-state index contributed by atoms with van der Waals surface area (Å²) in [6.07, 6.45) is 8.01. The van der Waals surface area contributed by atoms with E-state index in [1.165, 1.54) is 47.7 Å². The molecule has 0 spiro atoms. The Morgan fingerprint density at radius 3 is 2.37 bits per heavy atom. The molecule has 30 heavy (non-hydrogen) atoms. The molecule has 0 aliphatic heterocycles. The van der Waals surface area contributed by atoms with Gasteiger partial charge in [0.15, 0.2) is 0 Å². The molecule has 3 aromatic carbocycles. The first-order valence-electron chi connectivity index (χ1n) is 11.7. The van der Waals surface area contributed by atoms with Crippen molar-refractivity contribution < 1.29 is 5.11 Å². The van der Waals surface area contributed by atoms with Gasteiger partial charge in [-0.1, -0.05) is 61.0 Å². The zero-order chi connectivity index (χ0) is 20.6. The molecule has 2 aliphatic rings. The Morgan fingerprint density at radius 1 is 0.900 bits per heavy atom. The molecule has 2 unspecified atom stereocenters. The molecule has 0 heterocycles. The number of rotatable bonds is 5. The number of hydrogen-bond donors (Lipinski definition) is 1. The van der Waals surface area contributed by atoms with E-state index in [0.29, 0.717) is 12.0 Å². The van der Waals surface area contributed by atoms with Crippen LogP contribution in [0, 0.1) is 0 Å². The van der Waals surface area contributed by atoms with Crippen LogP contribution >= 0.6 is 0 Å². The molecule has 2 atom stereocenters. The minimum Gasteiger partial charge on any atom is -0.385 e. The number of hydrogen-bond acceptors (Lipinski definition) is 2. The fraction of sp³-hybridized carbons (Fsp3) is 0.429. The van der Waals surface area contributed by atoms with E-state index in [4.69, 9.17) is 0 Å². The summed E-state index contributed by atoms with van der Waals surface area (Å²) in [5, 5.41) is 13.3. The van der Waals surface area contributed by atoms with Crippen LogP contribution in [0.25, 0.3) is 10.8 Å². The van der Waals surface area contributed by atoms with Gasteiger partial charge in [-0.25, -0.2) is 0 Å². The monoisotopic (exact) mass is 399 g/mol. The molecule has 3 aromatic rings. The molecule has 0 amide bonds. The SMILES string of the molecule is CCN(c1ccc2ccccc2c1)C1CCCC(c2ccc(C3(O)CCC3)cc2)C1. The molecule has 2 aliphatic carbocycles. The molecule has 1 N–H and O–H groups in total. The first-order chi connectivity index (χ1) is 14.7. The van der Waals surface area contributed by atoms with Gasteiger partial charge in [-0.15, -0.1) is 0 Å². The maximum absolute atomic E-state index is 10.6. The van der Waals surface area contributed by atoms with Crippen molar-refractivity contribution in [2.45, 2.75) is 69.4 Å². The smallest absolute Gasteiger partial charge is 0.0896 e. The quantitative estimate of drug-likeness (QED) is 0.512. The summed E-state index contributed by atoms with van der Waals surface area (Å²) in [6, 6.07) is 25.1. The van der Waals surface area contributed by atoms with Gasteiger partial charge in [-0.2, -0.15) is 0 Å². The number of fused-ring (bicyclic) bond motifs is 1. The van der Waals surface area contributed by atoms with E-state index in [1.807, 2.05) is 0 Å². The lowest BCUT2D eigenvalue weighted by molar-refractivity contribution is -0.0388. The van der Waals surface area contributed by atoms with E-state index in [2.05, 4.69) is 78.6 Å². The molecule has 0 radical (unpaired) electrons. The lowest BCUT2D eigenvalue weighted by atomic mass is 9.74. The largest absolute Gasteiger partial charge is 0.385 e. The Balaban J connectivity index is 1.34. The molecule has 5 rings (SSSR count). The van der Waals surface area contributed by atoms with E-state index in [-0.39, 0.29) is 0 Å². The highest BCUT2D eigenvalue weighted by molar-refractivity contribution is 5.85. The Labute approximate surface area is 180 Å². The molecule has 2 nitrogen and oxygen atoms in total. The van der Waals surface area contributed by atoms with Crippen molar-refractivity contribution in [1.82, 2.24) is 0 Å². The maximum atomic E-state index is 10.6. The fourth-order valence-corrected chi connectivity index (χ4v) is 5.62. The predicted octanol–water partition coefficient (Wildman–Crippen LogP) is 6.76. The first-order valence-corrected chi connectivity index (χ1v) is 11.7. The molecule has 0 bridgehead atoms. The van der Waals surface area contributed by atoms with Gasteiger partial charge in [-0.05, 0) is 85.4 Å². The Bertz CT molecular complexity index is 1000. The molecule has 2 saturated carbocycles. The summed E-state index contributed by atoms with van der Waals surface area (Å²) in [5.41, 5.74) is 3.35. The molecule has 2 heteroatoms. The van der Waals surface area contributed by atoms with Gasteiger partial charge in [-0.3, -0.25) is 0 Å². The van der Waals surface area contributed by atoms with Gasteiger partial charge in [0.2, 0.25) is 0 Å². The van der Waals surface area contributed by atoms with Gasteiger partial charge in [0.25, 0.3) is 0 Å². The standard InChI is InChI=1S/C28H33NO/c1-2-29(27-16-13-21-7-3-4-8-23(21)20-27)26-10-5-9-24(19-26)22-11-14-25(15-12-22)28(30)17-6-18-28/h3-4,7-8,11-16,20,24,26,30H,2,5-6,9-10,17-19H2,1H3. The van der Waals surface area contributed by atoms with E-state index in [1.54, 1.807) is 0 Å². The van der Waals surface area contributed by atoms with Crippen LogP contribution in [0.4, 0.5) is 5.69 Å². The van der Waals surface area contributed by atoms with Crippen molar-refractivity contribution in [3.8, 4) is 0 Å². The number of aliphatic hydroxyl groups is 1. The van der Waals surface area contributed by atoms with Crippen molar-refractivity contribution in [3.63, 3.8) is 0 Å². The third kappa shape index (κ3) is 3.63. The van der Waals surface area contributed by atoms with Gasteiger partial charge in [0.1, 0.15) is 0 Å². The van der Waals surface area contributed by atoms with E-state index >= 15 is 0 Å². The Morgan fingerprint density at radius 2 is 1.67 bits per heavy atom. The molecule has 0 aromatic heterocycles. The Hall–Kier alpha value is -2.32. The van der Waals surface area contributed by atoms with Crippen molar-refractivity contribution in [1.29, 1.82) is 0 Å². The minimum atomic E-state index is -0.553. The number of nitrogens with zero attached hydrogens (tertiary/aromatic N) is 1. The lowest BCUT2D eigenvalue weighted by Crippen LogP contribution is -2.38. The molecular weight excluding hydrogens is 366 g/mol. The summed E-state index contributed by atoms with van der Waals surface area (Å²) in [5.74, 6) is 0.614. The van der Waals surface area contributed by atoms with Crippen molar-refractivity contribution in [2.75, 3.05) is 11.4 Å². The zero-order valence-electron chi connectivity index (χ0n) is 18.1. The van der Waals surface area contributed by atoms with Crippen LogP contribution in [-0.2, 0) is 5.60 Å². The highest BCUT2D eigenvalue weighted by atomic mass is 16.3. The van der Waals surface area contributed by atoms with Crippen LogP contribution in [0.1, 0.15) is 68.9 Å². The highest BCUT2D eigenvalue weighted by Gasteiger charge is 2.36. The molecular formula is C28H33NO. The van der Waals surface area contributed by atoms with Crippen molar-refractivity contribution in [3.05, 3.63) is 77.9 Å². The van der Waals surface area contributed by atoms with Crippen LogP contribution in [0.5, 0.6) is 0 Å². The zero-order valence-corrected chi connectivity index (χ0v) is 18.1. The number of anilines is 1. The summed E-state index contributed by atoms with van der Waals surface area (Å²) in [7, 11) is 0. The fourth-order valence-electron chi connectivity index (χ4n) is 5.62. The van der Waals surface area contributed by atoms with Gasteiger partial charge in [0.05, 0.1) is 5.60 Å². The summed E-state index contributed by atoms with van der Waals surface area (Å²) >= 11 is 0. The van der Waals surface area contributed by atoms with Crippen LogP contribution in [0.3, 0.4) is 0 Å². The normalized spacial score (nSPS) is 23.1. The summed E-state index contributed by atoms with van der Waals surface area (Å²) in [4.78, 5) is 2.62. The average Bonchev–Trinajstić information content (AvgIpc) is 2.78. The van der Waals surface area contributed by atoms with Crippen molar-refractivity contribution >= 4 is 16.5 Å². The van der Waals surface area contributed by atoms with E-state index in [0.717, 1.165) is 31.4 Å². The average molecular weight is 400 g/mol. The maximum Gasteiger partial charge on any atom is 0.0896 e. The second-order valence-corrected chi connectivity index (χ2v) is 9.34. The Kier molecular flexibility index (Phi) is 5.28. The second kappa shape index (κ2) is 8.07. The van der Waals surface area contributed by atoms with Crippen LogP contribution < -0.4 is 4.90 Å². The van der Waals surface area contributed by atoms with Crippen LogP contribution in [-0.4, -0.2) is 17.7 Å². The van der Waals surface area contributed by atoms with Crippen LogP contribution in [0.2, 0.25) is 0 Å². The second-order valence-electron chi connectivity index (χ2n) is 9.34. The topological polar surface area (TPSA) is 23.5 Å². The van der Waals surface area contributed by atoms with Gasteiger partial charge in [0, 0.05) is 18.3 Å². The predicted molar refractivity (Wildman–Crippen MR) is 126 cm³/mol. The number of benzene rings is 3. The summed E-state index contributed by atoms with van der Waals surface area (Å²) < 4.78 is 0. The molecule has 156 valence electrons. The lowest BCUT2D eigenvalue weighted by Gasteiger charge is -2.39. The summed E-state index contributed by atoms with van der Waals surface area (Å²) in [6.45, 7) is 3.33. The van der Waals surface area contributed by atoms with Crippen LogP contribution in [0.15, 0.2) is 66.7 Å². The minimum absolute atomic E-state index is 0.553. The highest BCUT2D eigenvalue weighted by Crippen LogP contribution is 2.42. The van der Waals surface area contributed by atoms with Crippen molar-refractivity contribution in [2.24, 2.45) is 0 Å². The van der Waals surface area contributed by atoms with Gasteiger partial charge >= 0.3 is 0 Å². The first kappa shape index (κ1) is 19.6. The third-order valence-corrected chi connectivity index (χ3v) is 7.59. The van der Waals surface area contributed by atoms with E-state index in [9.17, 15) is 5.11 Å². The van der Waals surface area contributed by atoms with Gasteiger partial charge < -0.3 is 10.0 Å². The third-order valence-electron chi connectivity index (χ3n) is 7.59.